The third-order valence-electron chi connectivity index (χ3n) is 5.67. The molecule has 0 bridgehead atoms. The number of aliphatic hydroxyl groups excluding tert-OH is 1. The largest absolute Gasteiger partial charge is 0.507 e. The van der Waals surface area contributed by atoms with Crippen molar-refractivity contribution in [3.63, 3.8) is 0 Å². The quantitative estimate of drug-likeness (QED) is 0.312. The summed E-state index contributed by atoms with van der Waals surface area (Å²) in [5, 5.41) is 11.2. The molecule has 4 rings (SSSR count). The van der Waals surface area contributed by atoms with E-state index in [2.05, 4.69) is 0 Å². The first-order valence-electron chi connectivity index (χ1n) is 10.8. The van der Waals surface area contributed by atoms with Crippen molar-refractivity contribution in [1.82, 2.24) is 0 Å². The van der Waals surface area contributed by atoms with Crippen molar-refractivity contribution in [3.05, 3.63) is 89.5 Å². The van der Waals surface area contributed by atoms with E-state index in [1.165, 1.54) is 4.90 Å². The summed E-state index contributed by atoms with van der Waals surface area (Å²) >= 11 is 0. The Hall–Kier alpha value is -4.26. The van der Waals surface area contributed by atoms with Crippen LogP contribution in [0.25, 0.3) is 5.76 Å². The molecule has 1 aliphatic heterocycles. The summed E-state index contributed by atoms with van der Waals surface area (Å²) in [6.07, 6.45) is 0. The molecule has 1 amide bonds. The summed E-state index contributed by atoms with van der Waals surface area (Å²) < 4.78 is 15.9. The van der Waals surface area contributed by atoms with Gasteiger partial charge in [-0.3, -0.25) is 14.5 Å². The maximum atomic E-state index is 13.2. The summed E-state index contributed by atoms with van der Waals surface area (Å²) in [7, 11) is 3.11. The number of benzene rings is 3. The number of carbonyl (C=O) groups excluding carboxylic acids is 2. The van der Waals surface area contributed by atoms with E-state index in [1.807, 2.05) is 6.92 Å². The van der Waals surface area contributed by atoms with Crippen molar-refractivity contribution in [2.45, 2.75) is 13.0 Å². The van der Waals surface area contributed by atoms with Crippen molar-refractivity contribution in [1.29, 1.82) is 0 Å². The fourth-order valence-electron chi connectivity index (χ4n) is 3.97. The lowest BCUT2D eigenvalue weighted by molar-refractivity contribution is -0.132. The number of ether oxygens (including phenoxy) is 3. The second-order valence-corrected chi connectivity index (χ2v) is 7.60. The van der Waals surface area contributed by atoms with Crippen LogP contribution in [0.2, 0.25) is 0 Å². The number of hydrogen-bond acceptors (Lipinski definition) is 6. The van der Waals surface area contributed by atoms with E-state index in [0.717, 1.165) is 0 Å². The summed E-state index contributed by atoms with van der Waals surface area (Å²) in [4.78, 5) is 27.8. The molecule has 1 heterocycles. The number of amides is 1. The average molecular weight is 459 g/mol. The van der Waals surface area contributed by atoms with Gasteiger partial charge in [-0.15, -0.1) is 0 Å². The van der Waals surface area contributed by atoms with Crippen LogP contribution in [0.15, 0.2) is 78.4 Å². The normalized spacial score (nSPS) is 17.0. The minimum atomic E-state index is -0.828. The van der Waals surface area contributed by atoms with Gasteiger partial charge < -0.3 is 19.3 Å². The second-order valence-electron chi connectivity index (χ2n) is 7.60. The molecule has 0 spiro atoms. The third kappa shape index (κ3) is 4.20. The Balaban J connectivity index is 1.86. The van der Waals surface area contributed by atoms with Gasteiger partial charge in [0.25, 0.3) is 11.7 Å². The highest BCUT2D eigenvalue weighted by atomic mass is 16.5. The lowest BCUT2D eigenvalue weighted by Crippen LogP contribution is -2.29. The lowest BCUT2D eigenvalue weighted by atomic mass is 9.95. The van der Waals surface area contributed by atoms with Crippen molar-refractivity contribution >= 4 is 23.1 Å². The number of nitrogens with zero attached hydrogens (tertiary/aromatic N) is 1. The third-order valence-corrected chi connectivity index (χ3v) is 5.67. The fourth-order valence-corrected chi connectivity index (χ4v) is 3.97. The van der Waals surface area contributed by atoms with E-state index in [4.69, 9.17) is 14.2 Å². The van der Waals surface area contributed by atoms with Crippen LogP contribution in [-0.4, -0.2) is 37.6 Å². The fraction of sp³-hybridized carbons (Fsp3) is 0.185. The van der Waals surface area contributed by atoms with Crippen LogP contribution < -0.4 is 19.1 Å². The molecule has 3 aromatic carbocycles. The van der Waals surface area contributed by atoms with Crippen LogP contribution in [0.5, 0.6) is 17.2 Å². The maximum absolute atomic E-state index is 13.2. The minimum Gasteiger partial charge on any atom is -0.507 e. The van der Waals surface area contributed by atoms with Crippen molar-refractivity contribution < 1.29 is 28.9 Å². The van der Waals surface area contributed by atoms with E-state index in [9.17, 15) is 14.7 Å². The molecule has 1 fully saturated rings. The molecule has 1 aliphatic rings. The highest BCUT2D eigenvalue weighted by Crippen LogP contribution is 2.42. The van der Waals surface area contributed by atoms with Gasteiger partial charge in [0.05, 0.1) is 32.4 Å². The Morgan fingerprint density at radius 3 is 1.88 bits per heavy atom. The van der Waals surface area contributed by atoms with Crippen LogP contribution in [0.4, 0.5) is 5.69 Å². The first-order chi connectivity index (χ1) is 16.5. The molecule has 0 radical (unpaired) electrons. The molecule has 1 atom stereocenters. The monoisotopic (exact) mass is 459 g/mol. The van der Waals surface area contributed by atoms with Gasteiger partial charge in [-0.2, -0.15) is 0 Å². The van der Waals surface area contributed by atoms with Gasteiger partial charge in [0.2, 0.25) is 0 Å². The molecule has 174 valence electrons. The SMILES string of the molecule is CCOc1ccc(C(O)=C2C(=O)C(=O)N(c3ccc(OC)cc3)C2c2ccc(OC)cc2)cc1. The van der Waals surface area contributed by atoms with Gasteiger partial charge >= 0.3 is 0 Å². The number of hydrogen-bond donors (Lipinski definition) is 1. The molecule has 0 saturated carbocycles. The summed E-state index contributed by atoms with van der Waals surface area (Å²) in [5.41, 5.74) is 1.59. The molecule has 7 heteroatoms. The van der Waals surface area contributed by atoms with Crippen molar-refractivity contribution in [3.8, 4) is 17.2 Å². The van der Waals surface area contributed by atoms with Gasteiger partial charge in [-0.05, 0) is 73.2 Å². The zero-order chi connectivity index (χ0) is 24.2. The number of anilines is 1. The van der Waals surface area contributed by atoms with Gasteiger partial charge in [0, 0.05) is 11.3 Å². The minimum absolute atomic E-state index is 0.00939. The molecule has 1 N–H and O–H groups in total. The van der Waals surface area contributed by atoms with Gasteiger partial charge in [-0.1, -0.05) is 12.1 Å². The van der Waals surface area contributed by atoms with E-state index >= 15 is 0 Å². The van der Waals surface area contributed by atoms with Crippen LogP contribution in [-0.2, 0) is 9.59 Å². The first-order valence-corrected chi connectivity index (χ1v) is 10.8. The number of ketones is 1. The van der Waals surface area contributed by atoms with Crippen molar-refractivity contribution in [2.24, 2.45) is 0 Å². The average Bonchev–Trinajstić information content (AvgIpc) is 3.14. The molecule has 3 aromatic rings. The molecule has 1 unspecified atom stereocenters. The van der Waals surface area contributed by atoms with E-state index in [1.54, 1.807) is 87.0 Å². The number of Topliss-reactive ketones (excluding diaryl/α,β-unsaturated/α-hetero) is 1. The topological polar surface area (TPSA) is 85.3 Å². The summed E-state index contributed by atoms with van der Waals surface area (Å²) in [6, 6.07) is 19.8. The number of aliphatic hydroxyl groups is 1. The van der Waals surface area contributed by atoms with Gasteiger partial charge in [-0.25, -0.2) is 0 Å². The predicted molar refractivity (Wildman–Crippen MR) is 128 cm³/mol. The smallest absolute Gasteiger partial charge is 0.300 e. The van der Waals surface area contributed by atoms with Gasteiger partial charge in [0.1, 0.15) is 23.0 Å². The van der Waals surface area contributed by atoms with Crippen LogP contribution in [0.1, 0.15) is 24.1 Å². The Morgan fingerprint density at radius 1 is 0.824 bits per heavy atom. The molecule has 1 saturated heterocycles. The number of carbonyl (C=O) groups is 2. The summed E-state index contributed by atoms with van der Waals surface area (Å²) in [5.74, 6) is 0.163. The Bertz CT molecular complexity index is 1210. The molecular formula is C27H25NO6. The summed E-state index contributed by atoms with van der Waals surface area (Å²) in [6.45, 7) is 2.39. The van der Waals surface area contributed by atoms with Crippen LogP contribution in [0.3, 0.4) is 0 Å². The Kier molecular flexibility index (Phi) is 6.54. The van der Waals surface area contributed by atoms with Gasteiger partial charge in [0.15, 0.2) is 0 Å². The highest BCUT2D eigenvalue weighted by molar-refractivity contribution is 6.51. The highest BCUT2D eigenvalue weighted by Gasteiger charge is 2.47. The predicted octanol–water partition coefficient (Wildman–Crippen LogP) is 4.73. The Morgan fingerprint density at radius 2 is 1.35 bits per heavy atom. The van der Waals surface area contributed by atoms with E-state index in [-0.39, 0.29) is 11.3 Å². The first kappa shape index (κ1) is 22.9. The van der Waals surface area contributed by atoms with Crippen LogP contribution >= 0.6 is 0 Å². The zero-order valence-electron chi connectivity index (χ0n) is 19.1. The molecule has 7 nitrogen and oxygen atoms in total. The number of methoxy groups -OCH3 is 2. The standard InChI is InChI=1S/C27H25NO6/c1-4-34-22-13-7-18(8-14-22)25(29)23-24(17-5-11-20(32-2)12-6-17)28(27(31)26(23)30)19-9-15-21(33-3)16-10-19/h5-16,24,29H,4H2,1-3H3. The van der Waals surface area contributed by atoms with Crippen molar-refractivity contribution in [2.75, 3.05) is 25.7 Å². The Labute approximate surface area is 197 Å². The zero-order valence-corrected chi connectivity index (χ0v) is 19.1. The van der Waals surface area contributed by atoms with Crippen LogP contribution in [0, 0.1) is 0 Å². The van der Waals surface area contributed by atoms with E-state index < -0.39 is 17.7 Å². The maximum Gasteiger partial charge on any atom is 0.300 e. The lowest BCUT2D eigenvalue weighted by Gasteiger charge is -2.25. The van der Waals surface area contributed by atoms with E-state index in [0.29, 0.717) is 40.7 Å². The number of rotatable bonds is 7. The molecule has 0 aliphatic carbocycles. The molecular weight excluding hydrogens is 434 g/mol. The molecule has 34 heavy (non-hydrogen) atoms. The second kappa shape index (κ2) is 9.70. The molecule has 0 aromatic heterocycles.